The van der Waals surface area contributed by atoms with E-state index < -0.39 is 5.41 Å². The zero-order valence-corrected chi connectivity index (χ0v) is 13.9. The zero-order chi connectivity index (χ0) is 16.0. The van der Waals surface area contributed by atoms with Crippen molar-refractivity contribution in [3.05, 3.63) is 29.8 Å². The van der Waals surface area contributed by atoms with Gasteiger partial charge in [0, 0.05) is 7.11 Å². The predicted molar refractivity (Wildman–Crippen MR) is 84.7 cm³/mol. The Balaban J connectivity index is 2.86. The van der Waals surface area contributed by atoms with Crippen LogP contribution in [0.25, 0.3) is 0 Å². The van der Waals surface area contributed by atoms with Crippen LogP contribution in [-0.2, 0) is 14.9 Å². The van der Waals surface area contributed by atoms with Crippen LogP contribution < -0.4 is 10.1 Å². The minimum absolute atomic E-state index is 0.00316. The number of carbonyl (C=O) groups is 1. The summed E-state index contributed by atoms with van der Waals surface area (Å²) in [5.74, 6) is 1.11. The number of carbonyl (C=O) groups excluding carboxylic acids is 1. The Labute approximate surface area is 127 Å². The third kappa shape index (κ3) is 4.46. The maximum Gasteiger partial charge on any atom is 0.230 e. The molecule has 1 aromatic carbocycles. The van der Waals surface area contributed by atoms with Crippen LogP contribution in [-0.4, -0.2) is 32.8 Å². The van der Waals surface area contributed by atoms with Crippen LogP contribution in [0, 0.1) is 5.92 Å². The summed E-state index contributed by atoms with van der Waals surface area (Å²) in [6.45, 7) is 8.51. The molecule has 0 unspecified atom stereocenters. The van der Waals surface area contributed by atoms with Crippen molar-refractivity contribution in [1.29, 1.82) is 0 Å². The predicted octanol–water partition coefficient (Wildman–Crippen LogP) is 2.76. The topological polar surface area (TPSA) is 47.6 Å². The van der Waals surface area contributed by atoms with Crippen molar-refractivity contribution >= 4 is 5.91 Å². The molecular weight excluding hydrogens is 266 g/mol. The Morgan fingerprint density at radius 1 is 1.19 bits per heavy atom. The van der Waals surface area contributed by atoms with Crippen molar-refractivity contribution in [3.63, 3.8) is 0 Å². The molecule has 0 radical (unpaired) electrons. The molecular formula is C17H27NO3. The van der Waals surface area contributed by atoms with Crippen LogP contribution in [0.3, 0.4) is 0 Å². The number of ether oxygens (including phenoxy) is 2. The van der Waals surface area contributed by atoms with Crippen LogP contribution in [0.15, 0.2) is 24.3 Å². The summed E-state index contributed by atoms with van der Waals surface area (Å²) in [6, 6.07) is 7.62. The molecule has 21 heavy (non-hydrogen) atoms. The Hall–Kier alpha value is -1.55. The summed E-state index contributed by atoms with van der Waals surface area (Å²) in [6.07, 6.45) is 0. The Morgan fingerprint density at radius 3 is 2.19 bits per heavy atom. The van der Waals surface area contributed by atoms with E-state index >= 15 is 0 Å². The number of amides is 1. The van der Waals surface area contributed by atoms with Crippen molar-refractivity contribution < 1.29 is 14.3 Å². The van der Waals surface area contributed by atoms with Crippen molar-refractivity contribution in [2.24, 2.45) is 5.92 Å². The van der Waals surface area contributed by atoms with Gasteiger partial charge in [-0.2, -0.15) is 0 Å². The standard InChI is InChI=1S/C17H27NO3/c1-12(2)15(11-20-5)18-16(19)17(3,4)13-7-9-14(21-6)10-8-13/h7-10,12,15H,11H2,1-6H3,(H,18,19)/t15-/m0/s1. The van der Waals surface area contributed by atoms with E-state index in [-0.39, 0.29) is 11.9 Å². The zero-order valence-electron chi connectivity index (χ0n) is 13.9. The third-order valence-corrected chi connectivity index (χ3v) is 3.85. The number of methoxy groups -OCH3 is 2. The fourth-order valence-corrected chi connectivity index (χ4v) is 2.07. The molecule has 0 saturated heterocycles. The highest BCUT2D eigenvalue weighted by Gasteiger charge is 2.31. The third-order valence-electron chi connectivity index (χ3n) is 3.85. The number of hydrogen-bond donors (Lipinski definition) is 1. The van der Waals surface area contributed by atoms with E-state index in [1.165, 1.54) is 0 Å². The first-order chi connectivity index (χ1) is 9.82. The molecule has 1 rings (SSSR count). The molecule has 4 heteroatoms. The van der Waals surface area contributed by atoms with E-state index in [4.69, 9.17) is 9.47 Å². The largest absolute Gasteiger partial charge is 0.497 e. The minimum atomic E-state index is -0.604. The molecule has 0 heterocycles. The minimum Gasteiger partial charge on any atom is -0.497 e. The summed E-state index contributed by atoms with van der Waals surface area (Å²) in [5, 5.41) is 3.09. The van der Waals surface area contributed by atoms with Gasteiger partial charge in [0.1, 0.15) is 5.75 Å². The monoisotopic (exact) mass is 293 g/mol. The van der Waals surface area contributed by atoms with Gasteiger partial charge >= 0.3 is 0 Å². The lowest BCUT2D eigenvalue weighted by Crippen LogP contribution is -2.48. The first-order valence-corrected chi connectivity index (χ1v) is 7.27. The lowest BCUT2D eigenvalue weighted by atomic mass is 9.83. The normalized spacial score (nSPS) is 13.1. The maximum absolute atomic E-state index is 12.6. The maximum atomic E-state index is 12.6. The van der Waals surface area contributed by atoms with Crippen molar-refractivity contribution in [2.45, 2.75) is 39.2 Å². The Bertz CT molecular complexity index is 452. The van der Waals surface area contributed by atoms with E-state index in [0.29, 0.717) is 12.5 Å². The molecule has 4 nitrogen and oxygen atoms in total. The lowest BCUT2D eigenvalue weighted by molar-refractivity contribution is -0.127. The molecule has 0 aromatic heterocycles. The summed E-state index contributed by atoms with van der Waals surface area (Å²) in [5.41, 5.74) is 0.355. The van der Waals surface area contributed by atoms with Gasteiger partial charge in [0.15, 0.2) is 0 Å². The summed E-state index contributed by atoms with van der Waals surface area (Å²) >= 11 is 0. The second-order valence-electron chi connectivity index (χ2n) is 6.13. The molecule has 0 spiro atoms. The molecule has 1 atom stereocenters. The van der Waals surface area contributed by atoms with E-state index in [2.05, 4.69) is 19.2 Å². The summed E-state index contributed by atoms with van der Waals surface area (Å²) in [4.78, 5) is 12.6. The van der Waals surface area contributed by atoms with Gasteiger partial charge in [-0.25, -0.2) is 0 Å². The summed E-state index contributed by atoms with van der Waals surface area (Å²) < 4.78 is 10.3. The van der Waals surface area contributed by atoms with Crippen molar-refractivity contribution in [2.75, 3.05) is 20.8 Å². The van der Waals surface area contributed by atoms with Gasteiger partial charge < -0.3 is 14.8 Å². The lowest BCUT2D eigenvalue weighted by Gasteiger charge is -2.29. The number of benzene rings is 1. The average molecular weight is 293 g/mol. The van der Waals surface area contributed by atoms with E-state index in [9.17, 15) is 4.79 Å². The summed E-state index contributed by atoms with van der Waals surface area (Å²) in [7, 11) is 3.28. The van der Waals surface area contributed by atoms with Gasteiger partial charge in [0.2, 0.25) is 5.91 Å². The average Bonchev–Trinajstić information content (AvgIpc) is 2.46. The number of nitrogens with one attached hydrogen (secondary N) is 1. The smallest absolute Gasteiger partial charge is 0.230 e. The molecule has 118 valence electrons. The fraction of sp³-hybridized carbons (Fsp3) is 0.588. The van der Waals surface area contributed by atoms with Gasteiger partial charge in [-0.05, 0) is 37.5 Å². The van der Waals surface area contributed by atoms with Crippen LogP contribution in [0.2, 0.25) is 0 Å². The molecule has 0 bridgehead atoms. The van der Waals surface area contributed by atoms with Crippen LogP contribution in [0.4, 0.5) is 0 Å². The molecule has 0 aliphatic carbocycles. The SMILES string of the molecule is COC[C@H](NC(=O)C(C)(C)c1ccc(OC)cc1)C(C)C. The van der Waals surface area contributed by atoms with Gasteiger partial charge in [-0.15, -0.1) is 0 Å². The molecule has 0 aliphatic heterocycles. The molecule has 1 N–H and O–H groups in total. The van der Waals surface area contributed by atoms with Crippen LogP contribution in [0.5, 0.6) is 5.75 Å². The van der Waals surface area contributed by atoms with Crippen molar-refractivity contribution in [1.82, 2.24) is 5.32 Å². The van der Waals surface area contributed by atoms with Gasteiger partial charge in [-0.1, -0.05) is 26.0 Å². The molecule has 1 amide bonds. The fourth-order valence-electron chi connectivity index (χ4n) is 2.07. The van der Waals surface area contributed by atoms with E-state index in [1.54, 1.807) is 14.2 Å². The molecule has 1 aromatic rings. The Morgan fingerprint density at radius 2 is 1.76 bits per heavy atom. The van der Waals surface area contributed by atoms with E-state index in [1.807, 2.05) is 38.1 Å². The van der Waals surface area contributed by atoms with Crippen LogP contribution in [0.1, 0.15) is 33.3 Å². The van der Waals surface area contributed by atoms with E-state index in [0.717, 1.165) is 11.3 Å². The first-order valence-electron chi connectivity index (χ1n) is 7.27. The van der Waals surface area contributed by atoms with Crippen molar-refractivity contribution in [3.8, 4) is 5.75 Å². The van der Waals surface area contributed by atoms with Gasteiger partial charge in [0.25, 0.3) is 0 Å². The quantitative estimate of drug-likeness (QED) is 0.841. The highest BCUT2D eigenvalue weighted by atomic mass is 16.5. The highest BCUT2D eigenvalue weighted by molar-refractivity contribution is 5.87. The molecule has 0 aliphatic rings. The van der Waals surface area contributed by atoms with Crippen LogP contribution >= 0.6 is 0 Å². The Kier molecular flexibility index (Phi) is 6.21. The second-order valence-corrected chi connectivity index (χ2v) is 6.13. The molecule has 0 saturated carbocycles. The van der Waals surface area contributed by atoms with Gasteiger partial charge in [-0.3, -0.25) is 4.79 Å². The van der Waals surface area contributed by atoms with Gasteiger partial charge in [0.05, 0.1) is 25.2 Å². The number of hydrogen-bond acceptors (Lipinski definition) is 3. The second kappa shape index (κ2) is 7.46. The highest BCUT2D eigenvalue weighted by Crippen LogP contribution is 2.26. The first kappa shape index (κ1) is 17.5. The number of rotatable bonds is 7. The molecule has 0 fully saturated rings.